The largest absolute Gasteiger partial charge is 0.466 e. The van der Waals surface area contributed by atoms with Crippen LogP contribution in [0.1, 0.15) is 31.7 Å². The fourth-order valence-corrected chi connectivity index (χ4v) is 2.22. The lowest BCUT2D eigenvalue weighted by Crippen LogP contribution is -2.22. The van der Waals surface area contributed by atoms with Crippen LogP contribution in [0.25, 0.3) is 0 Å². The number of benzene rings is 1. The fraction of sp³-hybridized carbons (Fsp3) is 0.467. The molecule has 2 rings (SSSR count). The number of ether oxygens (including phenoxy) is 1. The van der Waals surface area contributed by atoms with Crippen LogP contribution in [0.15, 0.2) is 30.3 Å². The summed E-state index contributed by atoms with van der Waals surface area (Å²) in [6.07, 6.45) is 2.44. The maximum absolute atomic E-state index is 12.1. The molecule has 1 aliphatic carbocycles. The summed E-state index contributed by atoms with van der Waals surface area (Å²) in [7, 11) is 0. The number of carbonyl (C=O) groups is 2. The molecule has 0 unspecified atom stereocenters. The van der Waals surface area contributed by atoms with Crippen LogP contribution in [0.4, 0.5) is 0 Å². The molecular weight excluding hydrogens is 228 g/mol. The van der Waals surface area contributed by atoms with E-state index in [9.17, 15) is 9.59 Å². The Hall–Kier alpha value is -1.64. The van der Waals surface area contributed by atoms with Gasteiger partial charge in [-0.3, -0.25) is 9.59 Å². The van der Waals surface area contributed by atoms with Crippen LogP contribution in [0, 0.1) is 5.41 Å². The van der Waals surface area contributed by atoms with E-state index >= 15 is 0 Å². The zero-order valence-corrected chi connectivity index (χ0v) is 10.6. The van der Waals surface area contributed by atoms with E-state index in [1.54, 1.807) is 6.92 Å². The average Bonchev–Trinajstić information content (AvgIpc) is 3.11. The summed E-state index contributed by atoms with van der Waals surface area (Å²) in [5.41, 5.74) is 0.862. The molecule has 0 N–H and O–H groups in total. The molecule has 0 amide bonds. The molecule has 0 aliphatic heterocycles. The molecule has 1 aromatic rings. The third-order valence-corrected chi connectivity index (χ3v) is 3.44. The van der Waals surface area contributed by atoms with E-state index in [0.717, 1.165) is 24.8 Å². The van der Waals surface area contributed by atoms with Crippen LogP contribution in [0.5, 0.6) is 0 Å². The zero-order chi connectivity index (χ0) is 13.0. The lowest BCUT2D eigenvalue weighted by Gasteiger charge is -2.13. The van der Waals surface area contributed by atoms with E-state index in [2.05, 4.69) is 0 Å². The van der Waals surface area contributed by atoms with E-state index in [1.165, 1.54) is 0 Å². The van der Waals surface area contributed by atoms with Crippen LogP contribution >= 0.6 is 0 Å². The predicted octanol–water partition coefficient (Wildman–Crippen LogP) is 2.53. The van der Waals surface area contributed by atoms with E-state index in [4.69, 9.17) is 4.74 Å². The number of carbonyl (C=O) groups excluding carboxylic acids is 2. The molecule has 0 atom stereocenters. The Kier molecular flexibility index (Phi) is 3.80. The molecule has 0 radical (unpaired) electrons. The third kappa shape index (κ3) is 2.97. The first-order valence-electron chi connectivity index (χ1n) is 6.39. The van der Waals surface area contributed by atoms with Gasteiger partial charge < -0.3 is 4.74 Å². The molecule has 1 aliphatic rings. The Morgan fingerprint density at radius 2 is 1.89 bits per heavy atom. The number of ketones is 1. The standard InChI is InChI=1S/C15H18O3/c1-2-18-14(17)10-13(16)15(8-9-15)11-12-6-4-3-5-7-12/h3-7H,2,8-11H2,1H3. The maximum atomic E-state index is 12.1. The number of esters is 1. The topological polar surface area (TPSA) is 43.4 Å². The van der Waals surface area contributed by atoms with Crippen molar-refractivity contribution in [1.82, 2.24) is 0 Å². The Morgan fingerprint density at radius 3 is 2.44 bits per heavy atom. The SMILES string of the molecule is CCOC(=O)CC(=O)C1(Cc2ccccc2)CC1. The van der Waals surface area contributed by atoms with Gasteiger partial charge in [-0.25, -0.2) is 0 Å². The minimum atomic E-state index is -0.401. The van der Waals surface area contributed by atoms with Crippen molar-refractivity contribution in [2.75, 3.05) is 6.61 Å². The van der Waals surface area contributed by atoms with E-state index in [0.29, 0.717) is 6.61 Å². The van der Waals surface area contributed by atoms with Gasteiger partial charge in [0.1, 0.15) is 12.2 Å². The summed E-state index contributed by atoms with van der Waals surface area (Å²) in [5.74, 6) is -0.369. The second kappa shape index (κ2) is 5.34. The van der Waals surface area contributed by atoms with Gasteiger partial charge in [-0.2, -0.15) is 0 Å². The fourth-order valence-electron chi connectivity index (χ4n) is 2.22. The minimum Gasteiger partial charge on any atom is -0.466 e. The third-order valence-electron chi connectivity index (χ3n) is 3.44. The van der Waals surface area contributed by atoms with Gasteiger partial charge in [0.15, 0.2) is 0 Å². The second-order valence-electron chi connectivity index (χ2n) is 4.85. The Labute approximate surface area is 107 Å². The highest BCUT2D eigenvalue weighted by atomic mass is 16.5. The van der Waals surface area contributed by atoms with Gasteiger partial charge in [-0.1, -0.05) is 30.3 Å². The van der Waals surface area contributed by atoms with E-state index in [-0.39, 0.29) is 17.6 Å². The monoisotopic (exact) mass is 246 g/mol. The van der Waals surface area contributed by atoms with Crippen molar-refractivity contribution >= 4 is 11.8 Å². The van der Waals surface area contributed by atoms with Crippen LogP contribution in [-0.2, 0) is 20.7 Å². The molecule has 1 saturated carbocycles. The van der Waals surface area contributed by atoms with Crippen molar-refractivity contribution in [2.45, 2.75) is 32.6 Å². The van der Waals surface area contributed by atoms with Gasteiger partial charge in [-0.05, 0) is 31.7 Å². The van der Waals surface area contributed by atoms with Crippen LogP contribution in [0.3, 0.4) is 0 Å². The van der Waals surface area contributed by atoms with E-state index in [1.807, 2.05) is 30.3 Å². The molecule has 0 heterocycles. The lowest BCUT2D eigenvalue weighted by atomic mass is 9.90. The van der Waals surface area contributed by atoms with Crippen molar-refractivity contribution < 1.29 is 14.3 Å². The Bertz CT molecular complexity index is 432. The van der Waals surface area contributed by atoms with Crippen LogP contribution < -0.4 is 0 Å². The Morgan fingerprint density at radius 1 is 1.22 bits per heavy atom. The van der Waals surface area contributed by atoms with Gasteiger partial charge in [-0.15, -0.1) is 0 Å². The molecule has 0 spiro atoms. The first-order valence-corrected chi connectivity index (χ1v) is 6.39. The summed E-state index contributed by atoms with van der Waals surface area (Å²) in [6.45, 7) is 2.08. The summed E-state index contributed by atoms with van der Waals surface area (Å²) in [5, 5.41) is 0. The number of rotatable bonds is 6. The molecule has 96 valence electrons. The lowest BCUT2D eigenvalue weighted by molar-refractivity contribution is -0.146. The van der Waals surface area contributed by atoms with Gasteiger partial charge in [0.05, 0.1) is 6.61 Å². The molecular formula is C15H18O3. The molecule has 0 bridgehead atoms. The maximum Gasteiger partial charge on any atom is 0.313 e. The van der Waals surface area contributed by atoms with Crippen LogP contribution in [-0.4, -0.2) is 18.4 Å². The highest BCUT2D eigenvalue weighted by molar-refractivity contribution is 6.00. The quantitative estimate of drug-likeness (QED) is 0.572. The highest BCUT2D eigenvalue weighted by Gasteiger charge is 2.49. The van der Waals surface area contributed by atoms with Gasteiger partial charge in [0, 0.05) is 5.41 Å². The summed E-state index contributed by atoms with van der Waals surface area (Å²) < 4.78 is 4.83. The molecule has 3 heteroatoms. The summed E-state index contributed by atoms with van der Waals surface area (Å²) in [6, 6.07) is 9.96. The van der Waals surface area contributed by atoms with Gasteiger partial charge in [0.25, 0.3) is 0 Å². The smallest absolute Gasteiger partial charge is 0.313 e. The molecule has 0 aromatic heterocycles. The molecule has 0 saturated heterocycles. The van der Waals surface area contributed by atoms with Crippen molar-refractivity contribution in [3.05, 3.63) is 35.9 Å². The molecule has 1 fully saturated rings. The number of hydrogen-bond donors (Lipinski definition) is 0. The number of hydrogen-bond acceptors (Lipinski definition) is 3. The first-order chi connectivity index (χ1) is 8.66. The summed E-state index contributed by atoms with van der Waals surface area (Å²) >= 11 is 0. The van der Waals surface area contributed by atoms with Gasteiger partial charge in [0.2, 0.25) is 0 Å². The number of Topliss-reactive ketones (excluding diaryl/α,β-unsaturated/α-hetero) is 1. The Balaban J connectivity index is 1.95. The second-order valence-corrected chi connectivity index (χ2v) is 4.85. The average molecular weight is 246 g/mol. The van der Waals surface area contributed by atoms with Crippen molar-refractivity contribution in [3.8, 4) is 0 Å². The molecule has 1 aromatic carbocycles. The normalized spacial score (nSPS) is 16.1. The first kappa shape index (κ1) is 12.8. The van der Waals surface area contributed by atoms with Gasteiger partial charge >= 0.3 is 5.97 Å². The predicted molar refractivity (Wildman–Crippen MR) is 68.1 cm³/mol. The van der Waals surface area contributed by atoms with Crippen molar-refractivity contribution in [1.29, 1.82) is 0 Å². The minimum absolute atomic E-state index is 0.0322. The molecule has 3 nitrogen and oxygen atoms in total. The van der Waals surface area contributed by atoms with E-state index < -0.39 is 5.97 Å². The molecule has 18 heavy (non-hydrogen) atoms. The highest BCUT2D eigenvalue weighted by Crippen LogP contribution is 2.49. The summed E-state index contributed by atoms with van der Waals surface area (Å²) in [4.78, 5) is 23.5. The van der Waals surface area contributed by atoms with Crippen molar-refractivity contribution in [3.63, 3.8) is 0 Å². The zero-order valence-electron chi connectivity index (χ0n) is 10.6. The van der Waals surface area contributed by atoms with Crippen molar-refractivity contribution in [2.24, 2.45) is 5.41 Å². The van der Waals surface area contributed by atoms with Crippen LogP contribution in [0.2, 0.25) is 0 Å².